The van der Waals surface area contributed by atoms with Gasteiger partial charge in [-0.05, 0) is 24.9 Å². The molecular formula is C14H19F3N2. The predicted molar refractivity (Wildman–Crippen MR) is 68.5 cm³/mol. The third kappa shape index (κ3) is 4.51. The topological polar surface area (TPSA) is 15.3 Å². The fourth-order valence-electron chi connectivity index (χ4n) is 2.41. The van der Waals surface area contributed by atoms with Crippen molar-refractivity contribution in [3.8, 4) is 0 Å². The Hall–Kier alpha value is -1.07. The Balaban J connectivity index is 1.99. The van der Waals surface area contributed by atoms with Crippen LogP contribution in [0.5, 0.6) is 0 Å². The molecule has 0 radical (unpaired) electrons. The van der Waals surface area contributed by atoms with E-state index in [1.165, 1.54) is 0 Å². The van der Waals surface area contributed by atoms with Crippen molar-refractivity contribution in [2.45, 2.75) is 38.1 Å². The van der Waals surface area contributed by atoms with Crippen molar-refractivity contribution in [1.82, 2.24) is 10.2 Å². The molecule has 0 saturated carbocycles. The zero-order chi connectivity index (χ0) is 13.7. The van der Waals surface area contributed by atoms with Crippen molar-refractivity contribution in [2.24, 2.45) is 0 Å². The summed E-state index contributed by atoms with van der Waals surface area (Å²) in [5.74, 6) is 0. The Morgan fingerprint density at radius 3 is 2.47 bits per heavy atom. The molecule has 1 aliphatic heterocycles. The molecule has 1 saturated heterocycles. The van der Waals surface area contributed by atoms with Gasteiger partial charge in [-0.3, -0.25) is 0 Å². The van der Waals surface area contributed by atoms with Crippen LogP contribution in [0.2, 0.25) is 0 Å². The molecule has 5 heteroatoms. The van der Waals surface area contributed by atoms with Crippen LogP contribution < -0.4 is 5.32 Å². The number of alkyl halides is 3. The summed E-state index contributed by atoms with van der Waals surface area (Å²) in [4.78, 5) is 0.602. The van der Waals surface area contributed by atoms with Gasteiger partial charge in [-0.15, -0.1) is 0 Å². The van der Waals surface area contributed by atoms with E-state index in [4.69, 9.17) is 0 Å². The number of benzene rings is 1. The van der Waals surface area contributed by atoms with Gasteiger partial charge in [0.15, 0.2) is 0 Å². The molecule has 1 N–H and O–H groups in total. The molecule has 0 aliphatic carbocycles. The number of rotatable bonds is 4. The normalized spacial score (nSPS) is 20.7. The molecule has 2 nitrogen and oxygen atoms in total. The molecule has 0 amide bonds. The van der Waals surface area contributed by atoms with Gasteiger partial charge in [0, 0.05) is 19.1 Å². The van der Waals surface area contributed by atoms with Crippen LogP contribution in [0.3, 0.4) is 0 Å². The predicted octanol–water partition coefficient (Wildman–Crippen LogP) is 3.15. The molecule has 0 bridgehead atoms. The number of piperidine rings is 1. The Morgan fingerprint density at radius 1 is 1.16 bits per heavy atom. The highest BCUT2D eigenvalue weighted by Gasteiger charge is 2.38. The number of nitrogens with one attached hydrogen (secondary N) is 1. The summed E-state index contributed by atoms with van der Waals surface area (Å²) in [7, 11) is 0. The zero-order valence-corrected chi connectivity index (χ0v) is 10.8. The van der Waals surface area contributed by atoms with Gasteiger partial charge >= 0.3 is 6.30 Å². The summed E-state index contributed by atoms with van der Waals surface area (Å²) >= 11 is 0. The van der Waals surface area contributed by atoms with Crippen LogP contribution in [0, 0.1) is 0 Å². The first-order valence-electron chi connectivity index (χ1n) is 6.65. The number of hydrogen-bond acceptors (Lipinski definition) is 2. The van der Waals surface area contributed by atoms with Crippen molar-refractivity contribution < 1.29 is 13.2 Å². The van der Waals surface area contributed by atoms with E-state index in [9.17, 15) is 13.2 Å². The van der Waals surface area contributed by atoms with E-state index < -0.39 is 6.30 Å². The Bertz CT molecular complexity index is 372. The first kappa shape index (κ1) is 14.3. The highest BCUT2D eigenvalue weighted by molar-refractivity contribution is 5.14. The molecule has 1 unspecified atom stereocenters. The first-order chi connectivity index (χ1) is 9.05. The summed E-state index contributed by atoms with van der Waals surface area (Å²) in [6, 6.07) is 8.74. The second kappa shape index (κ2) is 6.39. The average Bonchev–Trinajstić information content (AvgIpc) is 2.39. The maximum Gasteiger partial charge on any atom is 0.460 e. The molecule has 0 aromatic heterocycles. The molecule has 1 heterocycles. The summed E-state index contributed by atoms with van der Waals surface area (Å²) < 4.78 is 39.2. The number of nitrogens with zero attached hydrogens (tertiary/aromatic N) is 1. The quantitative estimate of drug-likeness (QED) is 0.847. The maximum absolute atomic E-state index is 13.1. The van der Waals surface area contributed by atoms with Crippen LogP contribution >= 0.6 is 0 Å². The van der Waals surface area contributed by atoms with Crippen molar-refractivity contribution >= 4 is 0 Å². The highest BCUT2D eigenvalue weighted by atomic mass is 19.4. The SMILES string of the molecule is FC(F)(F)N(Cc1ccccc1)CC1CCCCN1. The smallest absolute Gasteiger partial charge is 0.313 e. The van der Waals surface area contributed by atoms with Gasteiger partial charge in [0.25, 0.3) is 0 Å². The molecule has 1 aliphatic rings. The summed E-state index contributed by atoms with van der Waals surface area (Å²) in [5, 5.41) is 3.17. The fourth-order valence-corrected chi connectivity index (χ4v) is 2.41. The van der Waals surface area contributed by atoms with E-state index >= 15 is 0 Å². The molecular weight excluding hydrogens is 253 g/mol. The van der Waals surface area contributed by atoms with E-state index in [-0.39, 0.29) is 19.1 Å². The number of halogens is 3. The van der Waals surface area contributed by atoms with E-state index in [2.05, 4.69) is 5.32 Å². The standard InChI is InChI=1S/C14H19F3N2/c15-14(16,17)19(10-12-6-2-1-3-7-12)11-13-8-4-5-9-18-13/h1-3,6-7,13,18H,4-5,8-11H2. The van der Waals surface area contributed by atoms with Crippen molar-refractivity contribution in [3.05, 3.63) is 35.9 Å². The highest BCUT2D eigenvalue weighted by Crippen LogP contribution is 2.25. The molecule has 1 aromatic rings. The Morgan fingerprint density at radius 2 is 1.89 bits per heavy atom. The van der Waals surface area contributed by atoms with E-state index in [1.807, 2.05) is 6.07 Å². The van der Waals surface area contributed by atoms with E-state index in [0.717, 1.165) is 25.8 Å². The van der Waals surface area contributed by atoms with Crippen LogP contribution in [0.4, 0.5) is 13.2 Å². The van der Waals surface area contributed by atoms with Gasteiger partial charge < -0.3 is 5.32 Å². The minimum Gasteiger partial charge on any atom is -0.313 e. The molecule has 1 atom stereocenters. The third-order valence-electron chi connectivity index (χ3n) is 3.43. The zero-order valence-electron chi connectivity index (χ0n) is 10.8. The van der Waals surface area contributed by atoms with Gasteiger partial charge in [0.1, 0.15) is 0 Å². The second-order valence-corrected chi connectivity index (χ2v) is 4.98. The molecule has 106 valence electrons. The molecule has 1 fully saturated rings. The van der Waals surface area contributed by atoms with Crippen molar-refractivity contribution in [3.63, 3.8) is 0 Å². The molecule has 19 heavy (non-hydrogen) atoms. The largest absolute Gasteiger partial charge is 0.460 e. The van der Waals surface area contributed by atoms with Gasteiger partial charge in [-0.2, -0.15) is 13.2 Å². The lowest BCUT2D eigenvalue weighted by atomic mass is 10.0. The molecule has 1 aromatic carbocycles. The Kier molecular flexibility index (Phi) is 4.82. The van der Waals surface area contributed by atoms with Crippen molar-refractivity contribution in [1.29, 1.82) is 0 Å². The lowest BCUT2D eigenvalue weighted by Gasteiger charge is -2.31. The van der Waals surface area contributed by atoms with Crippen LogP contribution in [0.15, 0.2) is 30.3 Å². The van der Waals surface area contributed by atoms with Crippen LogP contribution in [0.25, 0.3) is 0 Å². The molecule has 2 rings (SSSR count). The van der Waals surface area contributed by atoms with E-state index in [0.29, 0.717) is 10.5 Å². The summed E-state index contributed by atoms with van der Waals surface area (Å²) in [6.07, 6.45) is -1.40. The monoisotopic (exact) mass is 272 g/mol. The fraction of sp³-hybridized carbons (Fsp3) is 0.571. The van der Waals surface area contributed by atoms with Gasteiger partial charge in [-0.25, -0.2) is 4.90 Å². The minimum atomic E-state index is -4.28. The number of hydrogen-bond donors (Lipinski definition) is 1. The third-order valence-corrected chi connectivity index (χ3v) is 3.43. The minimum absolute atomic E-state index is 0.0262. The Labute approximate surface area is 111 Å². The van der Waals surface area contributed by atoms with Crippen molar-refractivity contribution in [2.75, 3.05) is 13.1 Å². The summed E-state index contributed by atoms with van der Waals surface area (Å²) in [5.41, 5.74) is 0.690. The lowest BCUT2D eigenvalue weighted by molar-refractivity contribution is -0.251. The lowest BCUT2D eigenvalue weighted by Crippen LogP contribution is -2.48. The van der Waals surface area contributed by atoms with Crippen LogP contribution in [0.1, 0.15) is 24.8 Å². The average molecular weight is 272 g/mol. The van der Waals surface area contributed by atoms with Gasteiger partial charge in [-0.1, -0.05) is 36.8 Å². The summed E-state index contributed by atoms with van der Waals surface area (Å²) in [6.45, 7) is 0.766. The van der Waals surface area contributed by atoms with Gasteiger partial charge in [0.2, 0.25) is 0 Å². The maximum atomic E-state index is 13.1. The van der Waals surface area contributed by atoms with E-state index in [1.54, 1.807) is 24.3 Å². The molecule has 0 spiro atoms. The second-order valence-electron chi connectivity index (χ2n) is 4.98. The first-order valence-corrected chi connectivity index (χ1v) is 6.65. The van der Waals surface area contributed by atoms with Crippen LogP contribution in [-0.4, -0.2) is 30.3 Å². The van der Waals surface area contributed by atoms with Crippen LogP contribution in [-0.2, 0) is 6.54 Å². The van der Waals surface area contributed by atoms with Gasteiger partial charge in [0.05, 0.1) is 0 Å².